The van der Waals surface area contributed by atoms with Gasteiger partial charge in [-0.2, -0.15) is 0 Å². The van der Waals surface area contributed by atoms with Crippen LogP contribution in [0.25, 0.3) is 0 Å². The first-order valence-corrected chi connectivity index (χ1v) is 6.83. The molecule has 0 spiro atoms. The first-order valence-electron chi connectivity index (χ1n) is 6.04. The van der Waals surface area contributed by atoms with E-state index in [0.29, 0.717) is 22.1 Å². The highest BCUT2D eigenvalue weighted by molar-refractivity contribution is 9.10. The van der Waals surface area contributed by atoms with Gasteiger partial charge in [0.15, 0.2) is 0 Å². The van der Waals surface area contributed by atoms with Crippen molar-refractivity contribution in [1.82, 2.24) is 5.32 Å². The molecule has 0 fully saturated rings. The van der Waals surface area contributed by atoms with Crippen LogP contribution in [-0.4, -0.2) is 4.92 Å². The number of benzene rings is 2. The lowest BCUT2D eigenvalue weighted by Gasteiger charge is -2.07. The van der Waals surface area contributed by atoms with Gasteiger partial charge in [0.1, 0.15) is 11.6 Å². The number of nitrogens with one attached hydrogen (secondary N) is 1. The van der Waals surface area contributed by atoms with Gasteiger partial charge < -0.3 is 5.32 Å². The summed E-state index contributed by atoms with van der Waals surface area (Å²) in [6, 6.07) is 7.95. The Balaban J connectivity index is 2.01. The zero-order chi connectivity index (χ0) is 15.4. The minimum Gasteiger partial charge on any atom is -0.309 e. The molecule has 0 heterocycles. The van der Waals surface area contributed by atoms with Gasteiger partial charge in [-0.05, 0) is 17.7 Å². The molecule has 2 rings (SSSR count). The van der Waals surface area contributed by atoms with E-state index in [0.717, 1.165) is 6.07 Å². The first-order chi connectivity index (χ1) is 9.95. The highest BCUT2D eigenvalue weighted by Gasteiger charge is 2.09. The van der Waals surface area contributed by atoms with Crippen molar-refractivity contribution < 1.29 is 13.7 Å². The van der Waals surface area contributed by atoms with Crippen molar-refractivity contribution in [2.45, 2.75) is 13.1 Å². The zero-order valence-electron chi connectivity index (χ0n) is 10.8. The monoisotopic (exact) mass is 356 g/mol. The van der Waals surface area contributed by atoms with Crippen LogP contribution in [0.15, 0.2) is 40.9 Å². The summed E-state index contributed by atoms with van der Waals surface area (Å²) in [4.78, 5) is 10.3. The number of hydrogen-bond donors (Lipinski definition) is 1. The van der Waals surface area contributed by atoms with Crippen LogP contribution in [-0.2, 0) is 13.1 Å². The highest BCUT2D eigenvalue weighted by atomic mass is 79.9. The molecule has 0 saturated heterocycles. The van der Waals surface area contributed by atoms with Crippen LogP contribution in [0, 0.1) is 21.7 Å². The Kier molecular flexibility index (Phi) is 4.98. The molecule has 0 aliphatic heterocycles. The highest BCUT2D eigenvalue weighted by Crippen LogP contribution is 2.21. The topological polar surface area (TPSA) is 55.2 Å². The van der Waals surface area contributed by atoms with Crippen LogP contribution in [0.2, 0.25) is 0 Å². The first kappa shape index (κ1) is 15.5. The van der Waals surface area contributed by atoms with Crippen LogP contribution in [0.4, 0.5) is 14.5 Å². The van der Waals surface area contributed by atoms with Gasteiger partial charge in [-0.1, -0.05) is 22.0 Å². The second-order valence-electron chi connectivity index (χ2n) is 4.41. The molecule has 0 amide bonds. The number of nitro benzene ring substituents is 1. The average molecular weight is 357 g/mol. The van der Waals surface area contributed by atoms with E-state index in [9.17, 15) is 18.9 Å². The molecule has 0 radical (unpaired) electrons. The van der Waals surface area contributed by atoms with Crippen molar-refractivity contribution >= 4 is 21.6 Å². The predicted molar refractivity (Wildman–Crippen MR) is 77.7 cm³/mol. The van der Waals surface area contributed by atoms with E-state index >= 15 is 0 Å². The van der Waals surface area contributed by atoms with E-state index in [-0.39, 0.29) is 12.2 Å². The third-order valence-electron chi connectivity index (χ3n) is 2.81. The Labute approximate surface area is 128 Å². The Hall–Kier alpha value is -1.86. The number of nitro groups is 1. The number of hydrogen-bond acceptors (Lipinski definition) is 3. The minimum atomic E-state index is -0.626. The molecule has 21 heavy (non-hydrogen) atoms. The molecular weight excluding hydrogens is 346 g/mol. The SMILES string of the molecule is O=[N+]([O-])c1cc(Br)cc(CNCc2ccc(F)cc2F)c1. The van der Waals surface area contributed by atoms with Gasteiger partial charge in [0, 0.05) is 41.3 Å². The van der Waals surface area contributed by atoms with Crippen molar-refractivity contribution in [3.63, 3.8) is 0 Å². The molecule has 4 nitrogen and oxygen atoms in total. The van der Waals surface area contributed by atoms with Gasteiger partial charge in [-0.15, -0.1) is 0 Å². The predicted octanol–water partition coefficient (Wildman–Crippen LogP) is 3.93. The number of halogens is 3. The quantitative estimate of drug-likeness (QED) is 0.652. The Morgan fingerprint density at radius 2 is 1.90 bits per heavy atom. The Morgan fingerprint density at radius 3 is 2.57 bits per heavy atom. The average Bonchev–Trinajstić information content (AvgIpc) is 2.40. The van der Waals surface area contributed by atoms with Gasteiger partial charge in [-0.3, -0.25) is 10.1 Å². The number of rotatable bonds is 5. The lowest BCUT2D eigenvalue weighted by Crippen LogP contribution is -2.14. The Bertz CT molecular complexity index is 680. The van der Waals surface area contributed by atoms with Crippen molar-refractivity contribution in [2.24, 2.45) is 0 Å². The second-order valence-corrected chi connectivity index (χ2v) is 5.33. The van der Waals surface area contributed by atoms with E-state index < -0.39 is 16.6 Å². The van der Waals surface area contributed by atoms with Crippen LogP contribution in [0.3, 0.4) is 0 Å². The molecule has 0 atom stereocenters. The summed E-state index contributed by atoms with van der Waals surface area (Å²) in [5.74, 6) is -1.25. The molecule has 0 unspecified atom stereocenters. The molecular formula is C14H11BrF2N2O2. The molecule has 2 aromatic carbocycles. The summed E-state index contributed by atoms with van der Waals surface area (Å²) in [5, 5.41) is 13.7. The summed E-state index contributed by atoms with van der Waals surface area (Å²) >= 11 is 3.20. The lowest BCUT2D eigenvalue weighted by molar-refractivity contribution is -0.385. The van der Waals surface area contributed by atoms with Crippen LogP contribution in [0.1, 0.15) is 11.1 Å². The van der Waals surface area contributed by atoms with Gasteiger partial charge in [0.05, 0.1) is 4.92 Å². The van der Waals surface area contributed by atoms with Gasteiger partial charge >= 0.3 is 0 Å². The number of nitrogens with zero attached hydrogens (tertiary/aromatic N) is 1. The summed E-state index contributed by atoms with van der Waals surface area (Å²) in [6.07, 6.45) is 0. The fraction of sp³-hybridized carbons (Fsp3) is 0.143. The molecule has 2 aromatic rings. The molecule has 1 N–H and O–H groups in total. The van der Waals surface area contributed by atoms with Crippen LogP contribution >= 0.6 is 15.9 Å². The maximum absolute atomic E-state index is 13.4. The summed E-state index contributed by atoms with van der Waals surface area (Å²) < 4.78 is 26.8. The minimum absolute atomic E-state index is 0.0193. The maximum atomic E-state index is 13.4. The lowest BCUT2D eigenvalue weighted by atomic mass is 10.1. The van der Waals surface area contributed by atoms with E-state index in [2.05, 4.69) is 21.2 Å². The smallest absolute Gasteiger partial charge is 0.270 e. The fourth-order valence-electron chi connectivity index (χ4n) is 1.85. The van der Waals surface area contributed by atoms with Crippen molar-refractivity contribution in [3.05, 3.63) is 73.7 Å². The summed E-state index contributed by atoms with van der Waals surface area (Å²) in [6.45, 7) is 0.531. The molecule has 0 saturated carbocycles. The molecule has 0 bridgehead atoms. The van der Waals surface area contributed by atoms with E-state index in [1.807, 2.05) is 0 Å². The van der Waals surface area contributed by atoms with E-state index in [1.54, 1.807) is 6.07 Å². The van der Waals surface area contributed by atoms with E-state index in [4.69, 9.17) is 0 Å². The maximum Gasteiger partial charge on any atom is 0.270 e. The van der Waals surface area contributed by atoms with Crippen molar-refractivity contribution in [1.29, 1.82) is 0 Å². The van der Waals surface area contributed by atoms with Crippen molar-refractivity contribution in [2.75, 3.05) is 0 Å². The summed E-state index contributed by atoms with van der Waals surface area (Å²) in [5.41, 5.74) is 1.01. The molecule has 0 aliphatic carbocycles. The standard InChI is InChI=1S/C14H11BrF2N2O2/c15-11-3-9(4-13(5-11)19(20)21)7-18-8-10-1-2-12(16)6-14(10)17/h1-6,18H,7-8H2. The molecule has 7 heteroatoms. The van der Waals surface area contributed by atoms with Crippen LogP contribution < -0.4 is 5.32 Å². The van der Waals surface area contributed by atoms with Gasteiger partial charge in [-0.25, -0.2) is 8.78 Å². The van der Waals surface area contributed by atoms with Crippen molar-refractivity contribution in [3.8, 4) is 0 Å². The third-order valence-corrected chi connectivity index (χ3v) is 3.27. The zero-order valence-corrected chi connectivity index (χ0v) is 12.4. The largest absolute Gasteiger partial charge is 0.309 e. The molecule has 0 aliphatic rings. The van der Waals surface area contributed by atoms with E-state index in [1.165, 1.54) is 24.3 Å². The van der Waals surface area contributed by atoms with Crippen LogP contribution in [0.5, 0.6) is 0 Å². The molecule has 110 valence electrons. The Morgan fingerprint density at radius 1 is 1.14 bits per heavy atom. The number of non-ortho nitro benzene ring substituents is 1. The second kappa shape index (κ2) is 6.73. The molecule has 0 aromatic heterocycles. The summed E-state index contributed by atoms with van der Waals surface area (Å²) in [7, 11) is 0. The normalized spacial score (nSPS) is 10.6. The van der Waals surface area contributed by atoms with Gasteiger partial charge in [0.25, 0.3) is 5.69 Å². The third kappa shape index (κ3) is 4.30. The van der Waals surface area contributed by atoms with Gasteiger partial charge in [0.2, 0.25) is 0 Å². The fourth-order valence-corrected chi connectivity index (χ4v) is 2.38.